The molecule has 0 heterocycles. The van der Waals surface area contributed by atoms with E-state index in [1.165, 1.54) is 11.8 Å². The number of nitrogens with one attached hydrogen (secondary N) is 3. The Morgan fingerprint density at radius 1 is 0.722 bits per heavy atom. The summed E-state index contributed by atoms with van der Waals surface area (Å²) in [6.45, 7) is 2.42. The maximum Gasteiger partial charge on any atom is 0.323 e. The van der Waals surface area contributed by atoms with Crippen LogP contribution < -0.4 is 20.7 Å². The first kappa shape index (κ1) is 24.9. The van der Waals surface area contributed by atoms with Gasteiger partial charge in [0, 0.05) is 16.3 Å². The number of benzene rings is 4. The van der Waals surface area contributed by atoms with E-state index in [1.807, 2.05) is 116 Å². The van der Waals surface area contributed by atoms with Crippen molar-refractivity contribution in [3.05, 3.63) is 115 Å². The van der Waals surface area contributed by atoms with Gasteiger partial charge in [-0.2, -0.15) is 0 Å². The summed E-state index contributed by atoms with van der Waals surface area (Å²) >= 11 is 1.44. The lowest BCUT2D eigenvalue weighted by molar-refractivity contribution is -0.115. The fraction of sp³-hybridized carbons (Fsp3) is 0.103. The lowest BCUT2D eigenvalue weighted by atomic mass is 10.1. The van der Waals surface area contributed by atoms with Gasteiger partial charge in [0.05, 0.1) is 12.3 Å². The van der Waals surface area contributed by atoms with Crippen molar-refractivity contribution in [2.24, 2.45) is 0 Å². The summed E-state index contributed by atoms with van der Waals surface area (Å²) in [7, 11) is 0. The van der Waals surface area contributed by atoms with Crippen molar-refractivity contribution in [2.45, 2.75) is 17.1 Å². The van der Waals surface area contributed by atoms with Crippen LogP contribution in [0.15, 0.2) is 114 Å². The van der Waals surface area contributed by atoms with Gasteiger partial charge in [-0.1, -0.05) is 60.7 Å². The zero-order valence-electron chi connectivity index (χ0n) is 19.8. The lowest BCUT2D eigenvalue weighted by Crippen LogP contribution is -2.20. The van der Waals surface area contributed by atoms with Crippen molar-refractivity contribution in [1.29, 1.82) is 0 Å². The summed E-state index contributed by atoms with van der Waals surface area (Å²) in [6, 6.07) is 33.4. The van der Waals surface area contributed by atoms with E-state index in [0.717, 1.165) is 10.5 Å². The Morgan fingerprint density at radius 2 is 1.31 bits per heavy atom. The number of anilines is 3. The van der Waals surface area contributed by atoms with Gasteiger partial charge in [-0.15, -0.1) is 11.8 Å². The minimum Gasteiger partial charge on any atom is -0.492 e. The van der Waals surface area contributed by atoms with Gasteiger partial charge in [0.25, 0.3) is 0 Å². The first-order chi connectivity index (χ1) is 17.6. The van der Waals surface area contributed by atoms with Crippen LogP contribution in [0.2, 0.25) is 0 Å². The van der Waals surface area contributed by atoms with E-state index in [-0.39, 0.29) is 11.9 Å². The van der Waals surface area contributed by atoms with Crippen molar-refractivity contribution in [1.82, 2.24) is 0 Å². The second-order valence-corrected chi connectivity index (χ2v) is 8.98. The quantitative estimate of drug-likeness (QED) is 0.214. The largest absolute Gasteiger partial charge is 0.492 e. The minimum atomic E-state index is -0.485. The highest BCUT2D eigenvalue weighted by atomic mass is 32.2. The van der Waals surface area contributed by atoms with Crippen molar-refractivity contribution >= 4 is 40.8 Å². The Labute approximate surface area is 215 Å². The van der Waals surface area contributed by atoms with Crippen LogP contribution in [0.4, 0.5) is 21.9 Å². The highest BCUT2D eigenvalue weighted by Crippen LogP contribution is 2.37. The molecule has 0 saturated carbocycles. The normalized spacial score (nSPS) is 11.2. The molecule has 7 heteroatoms. The zero-order chi connectivity index (χ0) is 25.2. The van der Waals surface area contributed by atoms with Gasteiger partial charge in [-0.05, 0) is 61.0 Å². The standard InChI is InChI=1S/C29H27N3O3S/c1-2-35-26-16-10-9-15-25(26)32-28(33)27(21-11-5-3-6-12-21)36-24-19-17-23(18-20-24)31-29(34)30-22-13-7-4-8-14-22/h3-20,27H,2H2,1H3,(H,32,33)(H2,30,31,34). The van der Waals surface area contributed by atoms with Gasteiger partial charge in [0.15, 0.2) is 0 Å². The Balaban J connectivity index is 1.46. The van der Waals surface area contributed by atoms with Gasteiger partial charge >= 0.3 is 6.03 Å². The number of para-hydroxylation sites is 3. The van der Waals surface area contributed by atoms with E-state index >= 15 is 0 Å². The molecule has 36 heavy (non-hydrogen) atoms. The molecule has 6 nitrogen and oxygen atoms in total. The van der Waals surface area contributed by atoms with Gasteiger partial charge < -0.3 is 20.7 Å². The Kier molecular flexibility index (Phi) is 8.62. The number of ether oxygens (including phenoxy) is 1. The van der Waals surface area contributed by atoms with Crippen molar-refractivity contribution in [2.75, 3.05) is 22.6 Å². The second kappa shape index (κ2) is 12.5. The second-order valence-electron chi connectivity index (χ2n) is 7.80. The van der Waals surface area contributed by atoms with Crippen LogP contribution in [0.1, 0.15) is 17.7 Å². The van der Waals surface area contributed by atoms with Gasteiger partial charge in [0.1, 0.15) is 11.0 Å². The molecule has 3 amide bonds. The molecule has 0 fully saturated rings. The number of thioether (sulfide) groups is 1. The smallest absolute Gasteiger partial charge is 0.323 e. The third-order valence-corrected chi connectivity index (χ3v) is 6.45. The Bertz CT molecular complexity index is 1280. The molecule has 3 N–H and O–H groups in total. The highest BCUT2D eigenvalue weighted by molar-refractivity contribution is 8.00. The van der Waals surface area contributed by atoms with Gasteiger partial charge in [0.2, 0.25) is 5.91 Å². The van der Waals surface area contributed by atoms with Crippen molar-refractivity contribution in [3.8, 4) is 5.75 Å². The first-order valence-electron chi connectivity index (χ1n) is 11.6. The zero-order valence-corrected chi connectivity index (χ0v) is 20.6. The monoisotopic (exact) mass is 497 g/mol. The summed E-state index contributed by atoms with van der Waals surface area (Å²) in [5.41, 5.74) is 2.89. The molecule has 0 spiro atoms. The summed E-state index contributed by atoms with van der Waals surface area (Å²) in [6.07, 6.45) is 0. The van der Waals surface area contributed by atoms with Crippen LogP contribution in [0.25, 0.3) is 0 Å². The maximum atomic E-state index is 13.4. The van der Waals surface area contributed by atoms with E-state index in [1.54, 1.807) is 0 Å². The Hall–Kier alpha value is -4.23. The molecule has 1 unspecified atom stereocenters. The van der Waals surface area contributed by atoms with Crippen LogP contribution in [-0.4, -0.2) is 18.5 Å². The predicted molar refractivity (Wildman–Crippen MR) is 147 cm³/mol. The third-order valence-electron chi connectivity index (χ3n) is 5.18. The van der Waals surface area contributed by atoms with Crippen LogP contribution in [-0.2, 0) is 4.79 Å². The van der Waals surface area contributed by atoms with E-state index < -0.39 is 5.25 Å². The van der Waals surface area contributed by atoms with Gasteiger partial charge in [-0.3, -0.25) is 4.79 Å². The fourth-order valence-corrected chi connectivity index (χ4v) is 4.54. The molecule has 1 atom stereocenters. The van der Waals surface area contributed by atoms with E-state index in [0.29, 0.717) is 29.4 Å². The molecule has 4 aromatic carbocycles. The first-order valence-corrected chi connectivity index (χ1v) is 12.5. The number of hydrogen-bond donors (Lipinski definition) is 3. The summed E-state index contributed by atoms with van der Waals surface area (Å²) in [4.78, 5) is 26.6. The minimum absolute atomic E-state index is 0.150. The highest BCUT2D eigenvalue weighted by Gasteiger charge is 2.23. The average Bonchev–Trinajstić information content (AvgIpc) is 2.90. The van der Waals surface area contributed by atoms with Crippen LogP contribution in [0, 0.1) is 0 Å². The summed E-state index contributed by atoms with van der Waals surface area (Å²) in [5.74, 6) is 0.483. The Morgan fingerprint density at radius 3 is 1.97 bits per heavy atom. The molecule has 4 aromatic rings. The molecule has 182 valence electrons. The summed E-state index contributed by atoms with van der Waals surface area (Å²) < 4.78 is 5.66. The molecular formula is C29H27N3O3S. The fourth-order valence-electron chi connectivity index (χ4n) is 3.52. The summed E-state index contributed by atoms with van der Waals surface area (Å²) in [5, 5.41) is 8.16. The van der Waals surface area contributed by atoms with Crippen molar-refractivity contribution < 1.29 is 14.3 Å². The van der Waals surface area contributed by atoms with E-state index in [9.17, 15) is 9.59 Å². The number of rotatable bonds is 9. The lowest BCUT2D eigenvalue weighted by Gasteiger charge is -2.19. The molecule has 0 bridgehead atoms. The van der Waals surface area contributed by atoms with Crippen LogP contribution in [0.5, 0.6) is 5.75 Å². The topological polar surface area (TPSA) is 79.5 Å². The molecule has 0 saturated heterocycles. The number of urea groups is 1. The molecule has 4 rings (SSSR count). The third kappa shape index (κ3) is 6.90. The molecule has 0 aromatic heterocycles. The number of carbonyl (C=O) groups is 2. The predicted octanol–water partition coefficient (Wildman–Crippen LogP) is 7.20. The molecule has 0 aliphatic rings. The number of amides is 3. The molecule has 0 aliphatic carbocycles. The van der Waals surface area contributed by atoms with Crippen LogP contribution in [0.3, 0.4) is 0 Å². The van der Waals surface area contributed by atoms with Crippen molar-refractivity contribution in [3.63, 3.8) is 0 Å². The van der Waals surface area contributed by atoms with Gasteiger partial charge in [-0.25, -0.2) is 4.79 Å². The molecular weight excluding hydrogens is 470 g/mol. The van der Waals surface area contributed by atoms with E-state index in [4.69, 9.17) is 4.74 Å². The molecule has 0 aliphatic heterocycles. The van der Waals surface area contributed by atoms with E-state index in [2.05, 4.69) is 16.0 Å². The average molecular weight is 498 g/mol. The van der Waals surface area contributed by atoms with Crippen LogP contribution >= 0.6 is 11.8 Å². The maximum absolute atomic E-state index is 13.4. The molecule has 0 radical (unpaired) electrons. The SMILES string of the molecule is CCOc1ccccc1NC(=O)C(Sc1ccc(NC(=O)Nc2ccccc2)cc1)c1ccccc1. The number of hydrogen-bond acceptors (Lipinski definition) is 4. The number of carbonyl (C=O) groups excluding carboxylic acids is 2.